The summed E-state index contributed by atoms with van der Waals surface area (Å²) in [6, 6.07) is 6.67. The Kier molecular flexibility index (Phi) is 3.47. The number of amides is 3. The summed E-state index contributed by atoms with van der Waals surface area (Å²) < 4.78 is 5.04. The smallest absolute Gasteiger partial charge is 0.331 e. The SMILES string of the molecule is COc1ccc(N2CC(=O)N(CCN)C2=O)cc1. The molecule has 0 aliphatic carbocycles. The molecule has 1 aromatic rings. The molecule has 1 aliphatic rings. The Bertz CT molecular complexity index is 458. The van der Waals surface area contributed by atoms with E-state index < -0.39 is 0 Å². The van der Waals surface area contributed by atoms with Gasteiger partial charge in [-0.1, -0.05) is 0 Å². The van der Waals surface area contributed by atoms with Crippen molar-refractivity contribution in [2.75, 3.05) is 31.6 Å². The zero-order valence-corrected chi connectivity index (χ0v) is 10.1. The highest BCUT2D eigenvalue weighted by Crippen LogP contribution is 2.23. The molecule has 0 aromatic heterocycles. The first-order chi connectivity index (χ1) is 8.67. The molecule has 1 fully saturated rings. The minimum Gasteiger partial charge on any atom is -0.497 e. The average molecular weight is 249 g/mol. The monoisotopic (exact) mass is 249 g/mol. The Morgan fingerprint density at radius 3 is 2.50 bits per heavy atom. The molecule has 1 heterocycles. The minimum absolute atomic E-state index is 0.0607. The van der Waals surface area contributed by atoms with Gasteiger partial charge in [-0.05, 0) is 24.3 Å². The molecule has 2 rings (SSSR count). The lowest BCUT2D eigenvalue weighted by Gasteiger charge is -2.16. The molecular formula is C12H15N3O3. The summed E-state index contributed by atoms with van der Waals surface area (Å²) in [7, 11) is 1.57. The molecule has 96 valence electrons. The molecule has 6 nitrogen and oxygen atoms in total. The summed E-state index contributed by atoms with van der Waals surface area (Å²) in [6.45, 7) is 0.587. The molecule has 0 unspecified atom stereocenters. The van der Waals surface area contributed by atoms with Crippen LogP contribution in [0.1, 0.15) is 0 Å². The van der Waals surface area contributed by atoms with Crippen molar-refractivity contribution in [3.63, 3.8) is 0 Å². The predicted molar refractivity (Wildman–Crippen MR) is 66.5 cm³/mol. The van der Waals surface area contributed by atoms with E-state index in [1.165, 1.54) is 9.80 Å². The topological polar surface area (TPSA) is 75.9 Å². The molecule has 0 atom stereocenters. The van der Waals surface area contributed by atoms with Crippen molar-refractivity contribution in [2.24, 2.45) is 5.73 Å². The first-order valence-corrected chi connectivity index (χ1v) is 5.63. The molecule has 6 heteroatoms. The largest absolute Gasteiger partial charge is 0.497 e. The summed E-state index contributed by atoms with van der Waals surface area (Å²) in [5.74, 6) is 0.483. The van der Waals surface area contributed by atoms with E-state index in [2.05, 4.69) is 0 Å². The second-order valence-corrected chi connectivity index (χ2v) is 3.90. The van der Waals surface area contributed by atoms with Gasteiger partial charge in [0, 0.05) is 18.8 Å². The number of benzene rings is 1. The van der Waals surface area contributed by atoms with Crippen LogP contribution in [0.15, 0.2) is 24.3 Å². The fraction of sp³-hybridized carbons (Fsp3) is 0.333. The lowest BCUT2D eigenvalue weighted by atomic mass is 10.3. The van der Waals surface area contributed by atoms with Crippen LogP contribution in [0.25, 0.3) is 0 Å². The third-order valence-electron chi connectivity index (χ3n) is 2.79. The van der Waals surface area contributed by atoms with E-state index in [0.29, 0.717) is 11.4 Å². The van der Waals surface area contributed by atoms with E-state index in [0.717, 1.165) is 0 Å². The van der Waals surface area contributed by atoms with Crippen LogP contribution in [-0.4, -0.2) is 43.6 Å². The van der Waals surface area contributed by atoms with Crippen molar-refractivity contribution in [1.29, 1.82) is 0 Å². The van der Waals surface area contributed by atoms with E-state index in [4.69, 9.17) is 10.5 Å². The van der Waals surface area contributed by atoms with Crippen LogP contribution in [0.4, 0.5) is 10.5 Å². The van der Waals surface area contributed by atoms with Gasteiger partial charge in [0.1, 0.15) is 12.3 Å². The van der Waals surface area contributed by atoms with Gasteiger partial charge in [0.25, 0.3) is 5.91 Å². The summed E-state index contributed by atoms with van der Waals surface area (Å²) in [5.41, 5.74) is 6.05. The number of carbonyl (C=O) groups is 2. The number of hydrogen-bond acceptors (Lipinski definition) is 4. The third kappa shape index (κ3) is 2.14. The van der Waals surface area contributed by atoms with Crippen LogP contribution in [-0.2, 0) is 4.79 Å². The van der Waals surface area contributed by atoms with Crippen molar-refractivity contribution in [3.8, 4) is 5.75 Å². The number of rotatable bonds is 4. The fourth-order valence-electron chi connectivity index (χ4n) is 1.85. The molecule has 0 spiro atoms. The van der Waals surface area contributed by atoms with Gasteiger partial charge in [0.2, 0.25) is 0 Å². The molecule has 2 N–H and O–H groups in total. The second-order valence-electron chi connectivity index (χ2n) is 3.90. The van der Waals surface area contributed by atoms with Crippen molar-refractivity contribution in [1.82, 2.24) is 4.90 Å². The summed E-state index contributed by atoms with van der Waals surface area (Å²) in [4.78, 5) is 26.3. The van der Waals surface area contributed by atoms with Gasteiger partial charge in [0.05, 0.1) is 7.11 Å². The maximum absolute atomic E-state index is 12.0. The van der Waals surface area contributed by atoms with Crippen LogP contribution in [0.3, 0.4) is 0 Å². The summed E-state index contributed by atoms with van der Waals surface area (Å²) in [5, 5.41) is 0. The predicted octanol–water partition coefficient (Wildman–Crippen LogP) is 0.422. The number of urea groups is 1. The maximum atomic E-state index is 12.0. The standard InChI is InChI=1S/C12H15N3O3/c1-18-10-4-2-9(3-5-10)15-8-11(16)14(7-6-13)12(15)17/h2-5H,6-8,13H2,1H3. The highest BCUT2D eigenvalue weighted by Gasteiger charge is 2.36. The number of methoxy groups -OCH3 is 1. The fourth-order valence-corrected chi connectivity index (χ4v) is 1.85. The highest BCUT2D eigenvalue weighted by atomic mass is 16.5. The summed E-state index contributed by atoms with van der Waals surface area (Å²) >= 11 is 0. The Hall–Kier alpha value is -2.08. The maximum Gasteiger partial charge on any atom is 0.331 e. The normalized spacial score (nSPS) is 15.4. The van der Waals surface area contributed by atoms with Crippen molar-refractivity contribution in [3.05, 3.63) is 24.3 Å². The van der Waals surface area contributed by atoms with Gasteiger partial charge >= 0.3 is 6.03 Å². The molecule has 0 saturated carbocycles. The lowest BCUT2D eigenvalue weighted by molar-refractivity contribution is -0.124. The zero-order valence-electron chi connectivity index (χ0n) is 10.1. The molecule has 1 saturated heterocycles. The lowest BCUT2D eigenvalue weighted by Crippen LogP contribution is -2.36. The summed E-state index contributed by atoms with van der Waals surface area (Å²) in [6.07, 6.45) is 0. The van der Waals surface area contributed by atoms with Gasteiger partial charge in [-0.25, -0.2) is 4.79 Å². The zero-order chi connectivity index (χ0) is 13.1. The number of hydrogen-bond donors (Lipinski definition) is 1. The number of anilines is 1. The van der Waals surface area contributed by atoms with Gasteiger partial charge in [-0.15, -0.1) is 0 Å². The Balaban J connectivity index is 2.18. The van der Waals surface area contributed by atoms with E-state index in [1.54, 1.807) is 31.4 Å². The molecule has 1 aliphatic heterocycles. The van der Waals surface area contributed by atoms with Crippen molar-refractivity contribution in [2.45, 2.75) is 0 Å². The van der Waals surface area contributed by atoms with Crippen LogP contribution >= 0.6 is 0 Å². The number of ether oxygens (including phenoxy) is 1. The van der Waals surface area contributed by atoms with E-state index >= 15 is 0 Å². The first kappa shape index (κ1) is 12.4. The molecule has 18 heavy (non-hydrogen) atoms. The molecule has 0 bridgehead atoms. The van der Waals surface area contributed by atoms with Crippen molar-refractivity contribution >= 4 is 17.6 Å². The number of carbonyl (C=O) groups excluding carboxylic acids is 2. The number of imide groups is 1. The number of nitrogens with two attached hydrogens (primary N) is 1. The first-order valence-electron chi connectivity index (χ1n) is 5.63. The van der Waals surface area contributed by atoms with Crippen LogP contribution in [0.2, 0.25) is 0 Å². The Labute approximate surface area is 105 Å². The number of nitrogens with zero attached hydrogens (tertiary/aromatic N) is 2. The van der Waals surface area contributed by atoms with Gasteiger partial charge in [-0.3, -0.25) is 14.6 Å². The minimum atomic E-state index is -0.324. The van der Waals surface area contributed by atoms with E-state index in [1.807, 2.05) is 0 Å². The average Bonchev–Trinajstić information content (AvgIpc) is 2.67. The van der Waals surface area contributed by atoms with Crippen LogP contribution in [0.5, 0.6) is 5.75 Å². The molecule has 1 aromatic carbocycles. The quantitative estimate of drug-likeness (QED) is 0.785. The third-order valence-corrected chi connectivity index (χ3v) is 2.79. The molecule has 3 amide bonds. The van der Waals surface area contributed by atoms with Crippen LogP contribution in [0, 0.1) is 0 Å². The van der Waals surface area contributed by atoms with Crippen molar-refractivity contribution < 1.29 is 14.3 Å². The van der Waals surface area contributed by atoms with Gasteiger partial charge in [-0.2, -0.15) is 0 Å². The highest BCUT2D eigenvalue weighted by molar-refractivity contribution is 6.12. The Morgan fingerprint density at radius 2 is 1.94 bits per heavy atom. The second kappa shape index (κ2) is 5.05. The van der Waals surface area contributed by atoms with Gasteiger partial charge in [0.15, 0.2) is 0 Å². The molecule has 0 radical (unpaired) electrons. The van der Waals surface area contributed by atoms with E-state index in [9.17, 15) is 9.59 Å². The Morgan fingerprint density at radius 1 is 1.28 bits per heavy atom. The van der Waals surface area contributed by atoms with Crippen LogP contribution < -0.4 is 15.4 Å². The molecular weight excluding hydrogens is 234 g/mol. The van der Waals surface area contributed by atoms with Gasteiger partial charge < -0.3 is 10.5 Å². The van der Waals surface area contributed by atoms with E-state index in [-0.39, 0.29) is 31.6 Å².